The van der Waals surface area contributed by atoms with E-state index in [1.165, 1.54) is 7.11 Å². The highest BCUT2D eigenvalue weighted by Crippen LogP contribution is 2.32. The Morgan fingerprint density at radius 3 is 2.58 bits per heavy atom. The molecule has 0 spiro atoms. The standard InChI is InChI=1S/C19H18N2O3/c1-12-7-6-8-13-15(11-16(19(22)24-3)21-18(12)13)20-14-9-4-5-10-17(14)23-2/h4-11H,1-3H3,(H,20,21). The maximum Gasteiger partial charge on any atom is 0.356 e. The van der Waals surface area contributed by atoms with Crippen LogP contribution in [0.2, 0.25) is 0 Å². The molecule has 0 aliphatic carbocycles. The van der Waals surface area contributed by atoms with Gasteiger partial charge in [0.25, 0.3) is 0 Å². The van der Waals surface area contributed by atoms with Crippen LogP contribution in [0.25, 0.3) is 10.9 Å². The number of rotatable bonds is 4. The van der Waals surface area contributed by atoms with Gasteiger partial charge in [0.15, 0.2) is 5.69 Å². The smallest absolute Gasteiger partial charge is 0.356 e. The van der Waals surface area contributed by atoms with E-state index in [0.29, 0.717) is 0 Å². The van der Waals surface area contributed by atoms with Crippen molar-refractivity contribution in [2.75, 3.05) is 19.5 Å². The fourth-order valence-electron chi connectivity index (χ4n) is 2.60. The first-order valence-corrected chi connectivity index (χ1v) is 7.52. The van der Waals surface area contributed by atoms with Gasteiger partial charge < -0.3 is 14.8 Å². The predicted molar refractivity (Wildman–Crippen MR) is 94.1 cm³/mol. The second-order valence-corrected chi connectivity index (χ2v) is 5.34. The Bertz CT molecular complexity index is 906. The van der Waals surface area contributed by atoms with E-state index in [0.717, 1.165) is 33.6 Å². The van der Waals surface area contributed by atoms with E-state index in [1.807, 2.05) is 49.4 Å². The first kappa shape index (κ1) is 15.8. The number of hydrogen-bond acceptors (Lipinski definition) is 5. The predicted octanol–water partition coefficient (Wildman–Crippen LogP) is 4.08. The molecule has 0 amide bonds. The lowest BCUT2D eigenvalue weighted by Gasteiger charge is -2.14. The number of nitrogens with zero attached hydrogens (tertiary/aromatic N) is 1. The highest BCUT2D eigenvalue weighted by atomic mass is 16.5. The summed E-state index contributed by atoms with van der Waals surface area (Å²) in [6, 6.07) is 15.2. The third-order valence-electron chi connectivity index (χ3n) is 3.81. The molecule has 0 bridgehead atoms. The molecule has 5 nitrogen and oxygen atoms in total. The van der Waals surface area contributed by atoms with Gasteiger partial charge in [-0.25, -0.2) is 9.78 Å². The van der Waals surface area contributed by atoms with Crippen LogP contribution >= 0.6 is 0 Å². The van der Waals surface area contributed by atoms with Gasteiger partial charge in [-0.3, -0.25) is 0 Å². The van der Waals surface area contributed by atoms with Crippen molar-refractivity contribution in [2.24, 2.45) is 0 Å². The Balaban J connectivity index is 2.18. The Morgan fingerprint density at radius 2 is 1.83 bits per heavy atom. The Labute approximate surface area is 140 Å². The number of hydrogen-bond donors (Lipinski definition) is 1. The molecule has 1 N–H and O–H groups in total. The van der Waals surface area contributed by atoms with Crippen molar-refractivity contribution in [1.82, 2.24) is 4.98 Å². The average molecular weight is 322 g/mol. The van der Waals surface area contributed by atoms with Crippen LogP contribution in [-0.4, -0.2) is 25.2 Å². The van der Waals surface area contributed by atoms with Crippen LogP contribution in [0.15, 0.2) is 48.5 Å². The maximum atomic E-state index is 12.0. The lowest BCUT2D eigenvalue weighted by molar-refractivity contribution is 0.0594. The van der Waals surface area contributed by atoms with Gasteiger partial charge in [-0.15, -0.1) is 0 Å². The van der Waals surface area contributed by atoms with E-state index in [4.69, 9.17) is 9.47 Å². The Morgan fingerprint density at radius 1 is 1.04 bits per heavy atom. The minimum atomic E-state index is -0.469. The number of ether oxygens (including phenoxy) is 2. The highest BCUT2D eigenvalue weighted by Gasteiger charge is 2.14. The molecule has 2 aromatic carbocycles. The third kappa shape index (κ3) is 2.88. The topological polar surface area (TPSA) is 60.5 Å². The fourth-order valence-corrected chi connectivity index (χ4v) is 2.60. The molecule has 0 aliphatic heterocycles. The zero-order valence-electron chi connectivity index (χ0n) is 13.8. The van der Waals surface area contributed by atoms with Crippen LogP contribution in [0, 0.1) is 6.92 Å². The van der Waals surface area contributed by atoms with Crippen LogP contribution in [0.3, 0.4) is 0 Å². The van der Waals surface area contributed by atoms with E-state index >= 15 is 0 Å². The van der Waals surface area contributed by atoms with Gasteiger partial charge >= 0.3 is 5.97 Å². The number of benzene rings is 2. The van der Waals surface area contributed by atoms with Gasteiger partial charge in [-0.1, -0.05) is 30.3 Å². The Kier molecular flexibility index (Phi) is 4.33. The van der Waals surface area contributed by atoms with Crippen molar-refractivity contribution in [3.05, 3.63) is 59.8 Å². The molecule has 3 aromatic rings. The van der Waals surface area contributed by atoms with Crippen LogP contribution in [0.4, 0.5) is 11.4 Å². The monoisotopic (exact) mass is 322 g/mol. The number of pyridine rings is 1. The molecule has 0 radical (unpaired) electrons. The molecule has 0 saturated carbocycles. The van der Waals surface area contributed by atoms with Crippen molar-refractivity contribution >= 4 is 28.2 Å². The molecule has 0 atom stereocenters. The summed E-state index contributed by atoms with van der Waals surface area (Å²) in [5.74, 6) is 0.248. The average Bonchev–Trinajstić information content (AvgIpc) is 2.62. The van der Waals surface area contributed by atoms with E-state index < -0.39 is 5.97 Å². The molecule has 122 valence electrons. The maximum absolute atomic E-state index is 12.0. The molecule has 3 rings (SSSR count). The van der Waals surface area contributed by atoms with Gasteiger partial charge in [0.05, 0.1) is 31.1 Å². The molecule has 0 saturated heterocycles. The van der Waals surface area contributed by atoms with E-state index in [1.54, 1.807) is 13.2 Å². The van der Waals surface area contributed by atoms with Crippen LogP contribution < -0.4 is 10.1 Å². The van der Waals surface area contributed by atoms with Gasteiger partial charge in [-0.2, -0.15) is 0 Å². The van der Waals surface area contributed by atoms with Gasteiger partial charge in [0.1, 0.15) is 5.75 Å². The lowest BCUT2D eigenvalue weighted by Crippen LogP contribution is -2.06. The molecule has 0 aliphatic rings. The number of para-hydroxylation sites is 3. The summed E-state index contributed by atoms with van der Waals surface area (Å²) in [5, 5.41) is 4.26. The summed E-state index contributed by atoms with van der Waals surface area (Å²) in [4.78, 5) is 16.4. The molecule has 24 heavy (non-hydrogen) atoms. The number of aryl methyl sites for hydroxylation is 1. The molecule has 5 heteroatoms. The summed E-state index contributed by atoms with van der Waals surface area (Å²) in [6.07, 6.45) is 0. The number of methoxy groups -OCH3 is 2. The van der Waals surface area contributed by atoms with Gasteiger partial charge in [-0.05, 0) is 30.7 Å². The van der Waals surface area contributed by atoms with Crippen LogP contribution in [-0.2, 0) is 4.74 Å². The molecule has 0 unspecified atom stereocenters. The second-order valence-electron chi connectivity index (χ2n) is 5.34. The number of nitrogens with one attached hydrogen (secondary N) is 1. The molecule has 0 fully saturated rings. The lowest BCUT2D eigenvalue weighted by atomic mass is 10.1. The number of carbonyl (C=O) groups excluding carboxylic acids is 1. The number of esters is 1. The molecule has 1 aromatic heterocycles. The normalized spacial score (nSPS) is 10.5. The quantitative estimate of drug-likeness (QED) is 0.733. The summed E-state index contributed by atoms with van der Waals surface area (Å²) in [5.41, 5.74) is 3.59. The molecule has 1 heterocycles. The van der Waals surface area contributed by atoms with Gasteiger partial charge in [0, 0.05) is 5.39 Å². The zero-order chi connectivity index (χ0) is 17.1. The Hall–Kier alpha value is -3.08. The van der Waals surface area contributed by atoms with Crippen LogP contribution in [0.1, 0.15) is 16.1 Å². The summed E-state index contributed by atoms with van der Waals surface area (Å²) < 4.78 is 10.2. The third-order valence-corrected chi connectivity index (χ3v) is 3.81. The molecular weight excluding hydrogens is 304 g/mol. The van der Waals surface area contributed by atoms with E-state index in [2.05, 4.69) is 10.3 Å². The number of fused-ring (bicyclic) bond motifs is 1. The van der Waals surface area contributed by atoms with E-state index in [9.17, 15) is 4.79 Å². The summed E-state index contributed by atoms with van der Waals surface area (Å²) in [7, 11) is 2.97. The van der Waals surface area contributed by atoms with Crippen molar-refractivity contribution in [2.45, 2.75) is 6.92 Å². The molecular formula is C19H18N2O3. The highest BCUT2D eigenvalue weighted by molar-refractivity contribution is 6.00. The van der Waals surface area contributed by atoms with Crippen molar-refractivity contribution in [1.29, 1.82) is 0 Å². The number of anilines is 2. The van der Waals surface area contributed by atoms with Crippen molar-refractivity contribution in [3.8, 4) is 5.75 Å². The minimum absolute atomic E-state index is 0.261. The minimum Gasteiger partial charge on any atom is -0.495 e. The second kappa shape index (κ2) is 6.58. The van der Waals surface area contributed by atoms with Crippen molar-refractivity contribution < 1.29 is 14.3 Å². The number of carbonyl (C=O) groups is 1. The summed E-state index contributed by atoms with van der Waals surface area (Å²) in [6.45, 7) is 1.96. The van der Waals surface area contributed by atoms with Gasteiger partial charge in [0.2, 0.25) is 0 Å². The SMILES string of the molecule is COC(=O)c1cc(Nc2ccccc2OC)c2cccc(C)c2n1. The zero-order valence-corrected chi connectivity index (χ0v) is 13.8. The summed E-state index contributed by atoms with van der Waals surface area (Å²) >= 11 is 0. The number of aromatic nitrogens is 1. The fraction of sp³-hybridized carbons (Fsp3) is 0.158. The van der Waals surface area contributed by atoms with E-state index in [-0.39, 0.29) is 5.69 Å². The van der Waals surface area contributed by atoms with Crippen LogP contribution in [0.5, 0.6) is 5.75 Å². The largest absolute Gasteiger partial charge is 0.495 e. The first-order valence-electron chi connectivity index (χ1n) is 7.52. The first-order chi connectivity index (χ1) is 11.6. The van der Waals surface area contributed by atoms with Crippen molar-refractivity contribution in [3.63, 3.8) is 0 Å².